The number of amides is 1. The summed E-state index contributed by atoms with van der Waals surface area (Å²) < 4.78 is 27.9. The number of carbonyl (C=O) groups excluding carboxylic acids is 3. The summed E-state index contributed by atoms with van der Waals surface area (Å²) in [5.74, 6) is -1.69. The van der Waals surface area contributed by atoms with Crippen LogP contribution in [0.1, 0.15) is 72.2 Å². The molecule has 1 aromatic carbocycles. The van der Waals surface area contributed by atoms with Gasteiger partial charge in [-0.2, -0.15) is 0 Å². The summed E-state index contributed by atoms with van der Waals surface area (Å²) in [6.07, 6.45) is -0.369. The average molecular weight is 477 g/mol. The minimum atomic E-state index is -1.22. The van der Waals surface area contributed by atoms with Crippen LogP contribution in [0.15, 0.2) is 18.2 Å². The number of hydrogen-bond donors (Lipinski definition) is 1. The van der Waals surface area contributed by atoms with E-state index >= 15 is 0 Å². The Labute approximate surface area is 201 Å². The predicted molar refractivity (Wildman–Crippen MR) is 127 cm³/mol. The van der Waals surface area contributed by atoms with Crippen molar-refractivity contribution in [2.24, 2.45) is 0 Å². The monoisotopic (exact) mass is 477 g/mol. The largest absolute Gasteiger partial charge is 0.494 e. The van der Waals surface area contributed by atoms with Crippen molar-refractivity contribution in [1.29, 1.82) is 0 Å². The lowest BCUT2D eigenvalue weighted by atomic mass is 9.78. The lowest BCUT2D eigenvalue weighted by Crippen LogP contribution is -2.44. The first-order chi connectivity index (χ1) is 15.6. The number of nitrogens with one attached hydrogen (secondary N) is 1. The molecule has 1 saturated heterocycles. The molecule has 0 unspecified atom stereocenters. The highest BCUT2D eigenvalue weighted by Crippen LogP contribution is 2.36. The highest BCUT2D eigenvalue weighted by Gasteiger charge is 2.51. The fourth-order valence-electron chi connectivity index (χ4n) is 3.25. The highest BCUT2D eigenvalue weighted by molar-refractivity contribution is 6.62. The van der Waals surface area contributed by atoms with E-state index in [0.717, 1.165) is 0 Å². The molecule has 9 nitrogen and oxygen atoms in total. The number of esters is 2. The number of methoxy groups -OCH3 is 1. The maximum Gasteiger partial charge on any atom is 0.494 e. The number of rotatable bonds is 8. The number of carbonyl (C=O) groups is 3. The van der Waals surface area contributed by atoms with Crippen LogP contribution in [0.4, 0.5) is 0 Å². The van der Waals surface area contributed by atoms with Crippen molar-refractivity contribution in [3.05, 3.63) is 23.8 Å². The van der Waals surface area contributed by atoms with Crippen LogP contribution < -0.4 is 15.5 Å². The van der Waals surface area contributed by atoms with Gasteiger partial charge in [-0.05, 0) is 73.0 Å². The molecule has 2 rings (SSSR count). The zero-order valence-electron chi connectivity index (χ0n) is 21.6. The van der Waals surface area contributed by atoms with Gasteiger partial charge in [0.15, 0.2) is 0 Å². The lowest BCUT2D eigenvalue weighted by Gasteiger charge is -2.32. The molecule has 34 heavy (non-hydrogen) atoms. The normalized spacial score (nSPS) is 17.6. The molecule has 1 N–H and O–H groups in total. The van der Waals surface area contributed by atoms with Gasteiger partial charge in [-0.1, -0.05) is 6.07 Å². The summed E-state index contributed by atoms with van der Waals surface area (Å²) in [6, 6.07) is 3.75. The molecule has 0 radical (unpaired) electrons. The number of benzene rings is 1. The van der Waals surface area contributed by atoms with Gasteiger partial charge in [0.1, 0.15) is 17.4 Å². The summed E-state index contributed by atoms with van der Waals surface area (Å²) in [6.45, 7) is 15.1. The van der Waals surface area contributed by atoms with Gasteiger partial charge in [-0.3, -0.25) is 9.59 Å². The quantitative estimate of drug-likeness (QED) is 0.449. The summed E-state index contributed by atoms with van der Waals surface area (Å²) in [5.41, 5.74) is -0.881. The Morgan fingerprint density at radius 2 is 1.68 bits per heavy atom. The van der Waals surface area contributed by atoms with E-state index in [1.165, 1.54) is 7.11 Å². The van der Waals surface area contributed by atoms with Crippen LogP contribution in [0, 0.1) is 0 Å². The zero-order chi connectivity index (χ0) is 25.9. The van der Waals surface area contributed by atoms with E-state index in [1.54, 1.807) is 45.9 Å². The van der Waals surface area contributed by atoms with Crippen molar-refractivity contribution in [3.8, 4) is 5.75 Å². The van der Waals surface area contributed by atoms with Crippen LogP contribution in [-0.2, 0) is 28.4 Å². The maximum absolute atomic E-state index is 13.1. The Hall–Kier alpha value is -2.59. The van der Waals surface area contributed by atoms with Gasteiger partial charge < -0.3 is 28.8 Å². The fraction of sp³-hybridized carbons (Fsp3) is 0.625. The van der Waals surface area contributed by atoms with Crippen molar-refractivity contribution in [2.75, 3.05) is 13.7 Å². The molecule has 1 aliphatic heterocycles. The second-order valence-corrected chi connectivity index (χ2v) is 10.1. The molecule has 0 saturated carbocycles. The van der Waals surface area contributed by atoms with Gasteiger partial charge in [0.25, 0.3) is 5.91 Å². The third-order valence-corrected chi connectivity index (χ3v) is 5.66. The molecule has 1 atom stereocenters. The van der Waals surface area contributed by atoms with Crippen LogP contribution in [0.3, 0.4) is 0 Å². The Bertz CT molecular complexity index is 906. The molecule has 0 spiro atoms. The third-order valence-electron chi connectivity index (χ3n) is 5.66. The fourth-order valence-corrected chi connectivity index (χ4v) is 3.25. The second kappa shape index (κ2) is 10.4. The molecular formula is C24H36BNO8. The number of ether oxygens (including phenoxy) is 3. The molecule has 0 bridgehead atoms. The van der Waals surface area contributed by atoms with Crippen molar-refractivity contribution in [2.45, 2.75) is 84.7 Å². The van der Waals surface area contributed by atoms with E-state index in [9.17, 15) is 14.4 Å². The summed E-state index contributed by atoms with van der Waals surface area (Å²) in [7, 11) is 0.554. The summed E-state index contributed by atoms with van der Waals surface area (Å²) in [5, 5.41) is 2.56. The second-order valence-electron chi connectivity index (χ2n) is 10.1. The summed E-state index contributed by atoms with van der Waals surface area (Å²) in [4.78, 5) is 37.5. The molecule has 1 aliphatic rings. The molecule has 1 fully saturated rings. The average Bonchev–Trinajstić information content (AvgIpc) is 2.92. The maximum atomic E-state index is 13.1. The zero-order valence-corrected chi connectivity index (χ0v) is 21.6. The van der Waals surface area contributed by atoms with Gasteiger partial charge in [0.2, 0.25) is 0 Å². The molecule has 188 valence electrons. The van der Waals surface area contributed by atoms with Gasteiger partial charge in [0.05, 0.1) is 36.9 Å². The van der Waals surface area contributed by atoms with Crippen LogP contribution >= 0.6 is 0 Å². The Morgan fingerprint density at radius 1 is 1.09 bits per heavy atom. The highest BCUT2D eigenvalue weighted by atomic mass is 16.7. The predicted octanol–water partition coefficient (Wildman–Crippen LogP) is 2.39. The van der Waals surface area contributed by atoms with E-state index in [0.29, 0.717) is 17.8 Å². The Balaban J connectivity index is 2.26. The van der Waals surface area contributed by atoms with Crippen molar-refractivity contribution in [1.82, 2.24) is 5.32 Å². The molecule has 0 aliphatic carbocycles. The first-order valence-corrected chi connectivity index (χ1v) is 11.3. The minimum Gasteiger partial charge on any atom is -0.493 e. The van der Waals surface area contributed by atoms with Crippen LogP contribution in [-0.4, -0.2) is 61.5 Å². The molecule has 1 aromatic rings. The smallest absolute Gasteiger partial charge is 0.493 e. The Kier molecular flexibility index (Phi) is 8.42. The van der Waals surface area contributed by atoms with Gasteiger partial charge in [-0.25, -0.2) is 4.79 Å². The SMILES string of the molecule is CCOc1cc(B2OC(C)(C)C(C)(C)O2)ccc1C(=O)N[C@@H](CC(=O)OC(C)(C)C)C(=O)OC. The first kappa shape index (κ1) is 27.7. The van der Waals surface area contributed by atoms with E-state index < -0.39 is 47.8 Å². The van der Waals surface area contributed by atoms with Gasteiger partial charge in [-0.15, -0.1) is 0 Å². The van der Waals surface area contributed by atoms with Crippen molar-refractivity contribution >= 4 is 30.4 Å². The van der Waals surface area contributed by atoms with Crippen molar-refractivity contribution < 1.29 is 37.9 Å². The minimum absolute atomic E-state index is 0.195. The third kappa shape index (κ3) is 6.73. The van der Waals surface area contributed by atoms with Crippen LogP contribution in [0.5, 0.6) is 5.75 Å². The van der Waals surface area contributed by atoms with Gasteiger partial charge in [0, 0.05) is 0 Å². The van der Waals surface area contributed by atoms with E-state index in [2.05, 4.69) is 5.32 Å². The lowest BCUT2D eigenvalue weighted by molar-refractivity contribution is -0.158. The molecule has 1 heterocycles. The van der Waals surface area contributed by atoms with E-state index in [-0.39, 0.29) is 12.0 Å². The molecule has 10 heteroatoms. The summed E-state index contributed by atoms with van der Waals surface area (Å²) >= 11 is 0. The molecule has 0 aromatic heterocycles. The van der Waals surface area contributed by atoms with Crippen LogP contribution in [0.25, 0.3) is 0 Å². The first-order valence-electron chi connectivity index (χ1n) is 11.3. The molecular weight excluding hydrogens is 441 g/mol. The number of hydrogen-bond acceptors (Lipinski definition) is 8. The Morgan fingerprint density at radius 3 is 2.18 bits per heavy atom. The van der Waals surface area contributed by atoms with E-state index in [4.69, 9.17) is 23.5 Å². The topological polar surface area (TPSA) is 109 Å². The van der Waals surface area contributed by atoms with Gasteiger partial charge >= 0.3 is 19.1 Å². The van der Waals surface area contributed by atoms with Crippen LogP contribution in [0.2, 0.25) is 0 Å². The van der Waals surface area contributed by atoms with Crippen molar-refractivity contribution in [3.63, 3.8) is 0 Å². The molecule has 1 amide bonds. The van der Waals surface area contributed by atoms with E-state index in [1.807, 2.05) is 27.7 Å². The standard InChI is InChI=1S/C24H36BNO8/c1-10-31-18-13-15(25-33-23(5,6)24(7,8)34-25)11-12-16(18)20(28)26-17(21(29)30-9)14-19(27)32-22(2,3)4/h11-13,17H,10,14H2,1-9H3,(H,26,28)/t17-/m0/s1.